The van der Waals surface area contributed by atoms with Crippen molar-refractivity contribution < 1.29 is 3.89 Å². The lowest BCUT2D eigenvalue weighted by molar-refractivity contribution is 0.932. The Hall–Kier alpha value is -1.21. The number of hydrogen-bond acceptors (Lipinski definition) is 3. The van der Waals surface area contributed by atoms with Gasteiger partial charge in [-0.2, -0.15) is 9.15 Å². The predicted molar refractivity (Wildman–Crippen MR) is 48.0 cm³/mol. The van der Waals surface area contributed by atoms with E-state index < -0.39 is 0 Å². The highest BCUT2D eigenvalue weighted by atomic mass is 32.2. The number of rotatable bonds is 2. The number of nitriles is 1. The number of nitrogen functional groups attached to an aromatic ring is 1. The van der Waals surface area contributed by atoms with E-state index in [2.05, 4.69) is 0 Å². The molecule has 0 bridgehead atoms. The molecule has 0 fully saturated rings. The highest BCUT2D eigenvalue weighted by Crippen LogP contribution is 2.19. The minimum atomic E-state index is 0.175. The van der Waals surface area contributed by atoms with Crippen LogP contribution in [0.4, 0.5) is 9.57 Å². The average molecular weight is 182 g/mol. The topological polar surface area (TPSA) is 49.8 Å². The van der Waals surface area contributed by atoms with Crippen LogP contribution in [-0.4, -0.2) is 0 Å². The van der Waals surface area contributed by atoms with Gasteiger partial charge < -0.3 is 5.73 Å². The molecular formula is C8H7FN2S. The van der Waals surface area contributed by atoms with Crippen molar-refractivity contribution in [2.24, 2.45) is 0 Å². The van der Waals surface area contributed by atoms with Gasteiger partial charge in [-0.05, 0) is 23.8 Å². The number of halogens is 1. The second-order valence-electron chi connectivity index (χ2n) is 2.28. The van der Waals surface area contributed by atoms with Crippen LogP contribution < -0.4 is 5.73 Å². The molecule has 1 rings (SSSR count). The van der Waals surface area contributed by atoms with Crippen LogP contribution in [-0.2, 0) is 5.75 Å². The quantitative estimate of drug-likeness (QED) is 0.714. The number of anilines is 1. The number of hydrogen-bond donors (Lipinski definition) is 1. The summed E-state index contributed by atoms with van der Waals surface area (Å²) in [5.41, 5.74) is 7.15. The van der Waals surface area contributed by atoms with Gasteiger partial charge in [0.1, 0.15) is 0 Å². The molecule has 0 unspecified atom stereocenters. The van der Waals surface area contributed by atoms with Gasteiger partial charge in [-0.25, -0.2) is 0 Å². The molecule has 4 heteroatoms. The molecular weight excluding hydrogens is 175 g/mol. The normalized spacial score (nSPS) is 9.33. The van der Waals surface area contributed by atoms with E-state index in [4.69, 9.17) is 11.0 Å². The summed E-state index contributed by atoms with van der Waals surface area (Å²) in [4.78, 5) is 0. The molecule has 0 saturated heterocycles. The first-order valence-electron chi connectivity index (χ1n) is 3.30. The van der Waals surface area contributed by atoms with Crippen LogP contribution in [0.5, 0.6) is 0 Å². The summed E-state index contributed by atoms with van der Waals surface area (Å²) in [7, 11) is 0. The monoisotopic (exact) mass is 182 g/mol. The Balaban J connectivity index is 3.06. The summed E-state index contributed by atoms with van der Waals surface area (Å²) in [6.45, 7) is 0. The Morgan fingerprint density at radius 2 is 2.33 bits per heavy atom. The van der Waals surface area contributed by atoms with E-state index in [1.165, 1.54) is 0 Å². The van der Waals surface area contributed by atoms with Crippen LogP contribution >= 0.6 is 12.1 Å². The second kappa shape index (κ2) is 3.98. The van der Waals surface area contributed by atoms with E-state index in [1.54, 1.807) is 18.2 Å². The fourth-order valence-electron chi connectivity index (χ4n) is 0.901. The molecule has 2 nitrogen and oxygen atoms in total. The first-order valence-corrected chi connectivity index (χ1v) is 4.18. The third kappa shape index (κ3) is 1.89. The minimum absolute atomic E-state index is 0.175. The molecule has 1 aromatic carbocycles. The summed E-state index contributed by atoms with van der Waals surface area (Å²) in [6.07, 6.45) is 0. The number of nitrogens with zero attached hydrogens (tertiary/aromatic N) is 1. The van der Waals surface area contributed by atoms with Crippen molar-refractivity contribution in [2.75, 3.05) is 5.73 Å². The molecule has 1 aromatic rings. The van der Waals surface area contributed by atoms with Gasteiger partial charge in [0.2, 0.25) is 0 Å². The van der Waals surface area contributed by atoms with Gasteiger partial charge in [0.05, 0.1) is 17.4 Å². The van der Waals surface area contributed by atoms with Crippen LogP contribution in [0.3, 0.4) is 0 Å². The van der Waals surface area contributed by atoms with Gasteiger partial charge in [0.15, 0.2) is 0 Å². The molecule has 0 heterocycles. The number of benzene rings is 1. The van der Waals surface area contributed by atoms with E-state index in [1.807, 2.05) is 6.07 Å². The highest BCUT2D eigenvalue weighted by Gasteiger charge is 2.01. The molecule has 0 aliphatic heterocycles. The van der Waals surface area contributed by atoms with E-state index >= 15 is 0 Å². The summed E-state index contributed by atoms with van der Waals surface area (Å²) in [5, 5.41) is 8.61. The molecule has 0 aromatic heterocycles. The largest absolute Gasteiger partial charge is 0.399 e. The molecule has 62 valence electrons. The molecule has 0 saturated carbocycles. The van der Waals surface area contributed by atoms with Gasteiger partial charge in [0, 0.05) is 17.8 Å². The summed E-state index contributed by atoms with van der Waals surface area (Å²) in [6, 6.07) is 6.82. The molecule has 2 N–H and O–H groups in total. The Morgan fingerprint density at radius 1 is 1.58 bits per heavy atom. The van der Waals surface area contributed by atoms with E-state index in [0.29, 0.717) is 16.8 Å². The van der Waals surface area contributed by atoms with Gasteiger partial charge in [-0.3, -0.25) is 0 Å². The van der Waals surface area contributed by atoms with Crippen molar-refractivity contribution >= 4 is 17.8 Å². The SMILES string of the molecule is N#Cc1ccc(N)cc1CSF. The number of nitrogens with two attached hydrogens (primary N) is 1. The molecule has 0 radical (unpaired) electrons. The molecule has 0 aliphatic carbocycles. The summed E-state index contributed by atoms with van der Waals surface area (Å²) < 4.78 is 11.9. The van der Waals surface area contributed by atoms with Crippen LogP contribution in [0, 0.1) is 11.3 Å². The Kier molecular flexibility index (Phi) is 2.94. The Morgan fingerprint density at radius 3 is 2.92 bits per heavy atom. The average Bonchev–Trinajstić information content (AvgIpc) is 2.05. The Bertz CT molecular complexity index is 319. The molecule has 0 amide bonds. The standard InChI is InChI=1S/C8H7FN2S/c9-12-5-7-3-8(11)2-1-6(7)4-10/h1-3H,5,11H2. The van der Waals surface area contributed by atoms with Crippen molar-refractivity contribution in [1.29, 1.82) is 5.26 Å². The lowest BCUT2D eigenvalue weighted by Gasteiger charge is -2.00. The third-order valence-electron chi connectivity index (χ3n) is 1.46. The lowest BCUT2D eigenvalue weighted by atomic mass is 10.1. The molecule has 0 aliphatic rings. The van der Waals surface area contributed by atoms with Crippen molar-refractivity contribution in [2.45, 2.75) is 5.75 Å². The minimum Gasteiger partial charge on any atom is -0.399 e. The zero-order chi connectivity index (χ0) is 8.97. The molecule has 12 heavy (non-hydrogen) atoms. The first-order chi connectivity index (χ1) is 5.77. The predicted octanol–water partition coefficient (Wildman–Crippen LogP) is 2.26. The van der Waals surface area contributed by atoms with E-state index in [0.717, 1.165) is 0 Å². The zero-order valence-corrected chi connectivity index (χ0v) is 7.07. The summed E-state index contributed by atoms with van der Waals surface area (Å²) >= 11 is 0.186. The second-order valence-corrected chi connectivity index (χ2v) is 2.79. The molecule has 0 spiro atoms. The third-order valence-corrected chi connectivity index (χ3v) is 1.88. The highest BCUT2D eigenvalue weighted by molar-refractivity contribution is 7.93. The van der Waals surface area contributed by atoms with Crippen molar-refractivity contribution in [3.05, 3.63) is 29.3 Å². The van der Waals surface area contributed by atoms with Crippen LogP contribution in [0.1, 0.15) is 11.1 Å². The van der Waals surface area contributed by atoms with Crippen molar-refractivity contribution in [3.8, 4) is 6.07 Å². The van der Waals surface area contributed by atoms with Crippen LogP contribution in [0.15, 0.2) is 18.2 Å². The molecule has 0 atom stereocenters. The zero-order valence-electron chi connectivity index (χ0n) is 6.25. The maximum atomic E-state index is 11.9. The van der Waals surface area contributed by atoms with Crippen LogP contribution in [0.25, 0.3) is 0 Å². The van der Waals surface area contributed by atoms with Gasteiger partial charge in [-0.1, -0.05) is 0 Å². The first kappa shape index (κ1) is 8.88. The van der Waals surface area contributed by atoms with Crippen molar-refractivity contribution in [1.82, 2.24) is 0 Å². The van der Waals surface area contributed by atoms with E-state index in [9.17, 15) is 3.89 Å². The van der Waals surface area contributed by atoms with Gasteiger partial charge in [-0.15, -0.1) is 0 Å². The van der Waals surface area contributed by atoms with Gasteiger partial charge in [0.25, 0.3) is 0 Å². The maximum absolute atomic E-state index is 11.9. The maximum Gasteiger partial charge on any atom is 0.0994 e. The van der Waals surface area contributed by atoms with E-state index in [-0.39, 0.29) is 17.9 Å². The fourth-order valence-corrected chi connectivity index (χ4v) is 1.26. The smallest absolute Gasteiger partial charge is 0.0994 e. The Labute approximate surface area is 74.5 Å². The van der Waals surface area contributed by atoms with Crippen molar-refractivity contribution in [3.63, 3.8) is 0 Å². The summed E-state index contributed by atoms with van der Waals surface area (Å²) in [5.74, 6) is 0.175. The van der Waals surface area contributed by atoms with Crippen LogP contribution in [0.2, 0.25) is 0 Å². The lowest BCUT2D eigenvalue weighted by Crippen LogP contribution is -1.90. The van der Waals surface area contributed by atoms with Gasteiger partial charge >= 0.3 is 0 Å². The fraction of sp³-hybridized carbons (Fsp3) is 0.125.